The van der Waals surface area contributed by atoms with Crippen molar-refractivity contribution in [3.05, 3.63) is 81.3 Å². The number of benzene rings is 2. The van der Waals surface area contributed by atoms with Crippen LogP contribution in [0.2, 0.25) is 0 Å². The highest BCUT2D eigenvalue weighted by atomic mass is 19.1. The van der Waals surface area contributed by atoms with Crippen molar-refractivity contribution in [2.24, 2.45) is 0 Å². The summed E-state index contributed by atoms with van der Waals surface area (Å²) in [5.41, 5.74) is 1.12. The average Bonchev–Trinajstić information content (AvgIpc) is 2.63. The minimum absolute atomic E-state index is 0.156. The number of nitrogens with one attached hydrogen (secondary N) is 3. The van der Waals surface area contributed by atoms with Gasteiger partial charge in [0, 0.05) is 23.5 Å². The highest BCUT2D eigenvalue weighted by Crippen LogP contribution is 2.29. The van der Waals surface area contributed by atoms with Crippen molar-refractivity contribution in [2.45, 2.75) is 13.0 Å². The Morgan fingerprint density at radius 1 is 1.22 bits per heavy atom. The van der Waals surface area contributed by atoms with Gasteiger partial charge in [0.2, 0.25) is 0 Å². The van der Waals surface area contributed by atoms with Crippen LogP contribution in [0.25, 0.3) is 0 Å². The molecule has 0 spiro atoms. The van der Waals surface area contributed by atoms with Crippen LogP contribution in [0.3, 0.4) is 0 Å². The molecule has 2 aromatic rings. The topological polar surface area (TPSA) is 113 Å². The monoisotopic (exact) mass is 370 g/mol. The Bertz CT molecular complexity index is 956. The first-order chi connectivity index (χ1) is 12.8. The van der Waals surface area contributed by atoms with Crippen molar-refractivity contribution in [3.63, 3.8) is 0 Å². The van der Waals surface area contributed by atoms with Crippen LogP contribution in [0, 0.1) is 15.9 Å². The van der Waals surface area contributed by atoms with Crippen LogP contribution in [-0.2, 0) is 4.79 Å². The highest BCUT2D eigenvalue weighted by molar-refractivity contribution is 6.06. The van der Waals surface area contributed by atoms with Crippen LogP contribution < -0.4 is 16.0 Å². The Balaban J connectivity index is 1.96. The van der Waals surface area contributed by atoms with Gasteiger partial charge in [0.15, 0.2) is 0 Å². The molecule has 2 aromatic carbocycles. The standard InChI is InChI=1S/C18H15FN4O4/c1-10-15(17(24)21-13-7-5-12(19)6-8-13)16(22-18(25)20-10)11-3-2-4-14(9-11)23(26)27/h2-9,16H,1H3,(H,21,24)(H2,20,22,25)/t16-/m1/s1. The van der Waals surface area contributed by atoms with Crippen LogP contribution in [0.1, 0.15) is 18.5 Å². The predicted octanol–water partition coefficient (Wildman–Crippen LogP) is 3.00. The summed E-state index contributed by atoms with van der Waals surface area (Å²) < 4.78 is 13.0. The number of non-ortho nitro benzene ring substituents is 1. The Morgan fingerprint density at radius 3 is 2.59 bits per heavy atom. The number of amides is 3. The summed E-state index contributed by atoms with van der Waals surface area (Å²) in [6, 6.07) is 9.50. The molecule has 8 nitrogen and oxygen atoms in total. The van der Waals surface area contributed by atoms with Gasteiger partial charge >= 0.3 is 6.03 Å². The second-order valence-electron chi connectivity index (χ2n) is 5.88. The summed E-state index contributed by atoms with van der Waals surface area (Å²) in [7, 11) is 0. The Kier molecular flexibility index (Phi) is 4.84. The van der Waals surface area contributed by atoms with Crippen LogP contribution in [-0.4, -0.2) is 16.9 Å². The number of anilines is 1. The number of carbonyl (C=O) groups is 2. The molecular weight excluding hydrogens is 355 g/mol. The zero-order chi connectivity index (χ0) is 19.6. The first-order valence-corrected chi connectivity index (χ1v) is 7.94. The lowest BCUT2D eigenvalue weighted by atomic mass is 9.94. The van der Waals surface area contributed by atoms with E-state index in [-0.39, 0.29) is 11.3 Å². The number of halogens is 1. The molecule has 3 rings (SSSR count). The fraction of sp³-hybridized carbons (Fsp3) is 0.111. The molecule has 1 aliphatic rings. The smallest absolute Gasteiger partial charge is 0.319 e. The van der Waals surface area contributed by atoms with E-state index in [2.05, 4.69) is 16.0 Å². The van der Waals surface area contributed by atoms with Gasteiger partial charge in [0.05, 0.1) is 16.5 Å². The lowest BCUT2D eigenvalue weighted by Gasteiger charge is -2.28. The van der Waals surface area contributed by atoms with Gasteiger partial charge in [0.25, 0.3) is 11.6 Å². The second-order valence-corrected chi connectivity index (χ2v) is 5.88. The van der Waals surface area contributed by atoms with E-state index in [1.165, 1.54) is 42.5 Å². The first-order valence-electron chi connectivity index (χ1n) is 7.94. The van der Waals surface area contributed by atoms with Gasteiger partial charge in [0.1, 0.15) is 5.82 Å². The predicted molar refractivity (Wildman–Crippen MR) is 95.2 cm³/mol. The van der Waals surface area contributed by atoms with Gasteiger partial charge in [-0.05, 0) is 36.8 Å². The Hall–Kier alpha value is -3.75. The number of carbonyl (C=O) groups excluding carboxylic acids is 2. The first kappa shape index (κ1) is 18.1. The van der Waals surface area contributed by atoms with E-state index < -0.39 is 28.7 Å². The molecule has 0 unspecified atom stereocenters. The average molecular weight is 370 g/mol. The number of rotatable bonds is 4. The number of nitrogens with zero attached hydrogens (tertiary/aromatic N) is 1. The lowest BCUT2D eigenvalue weighted by Crippen LogP contribution is -2.46. The molecule has 0 fully saturated rings. The van der Waals surface area contributed by atoms with E-state index in [1.54, 1.807) is 13.0 Å². The molecule has 0 saturated heterocycles. The third-order valence-electron chi connectivity index (χ3n) is 4.03. The van der Waals surface area contributed by atoms with Crippen molar-refractivity contribution in [2.75, 3.05) is 5.32 Å². The van der Waals surface area contributed by atoms with E-state index in [9.17, 15) is 24.1 Å². The second kappa shape index (κ2) is 7.24. The third-order valence-corrected chi connectivity index (χ3v) is 4.03. The molecule has 1 heterocycles. The number of hydrogen-bond acceptors (Lipinski definition) is 4. The van der Waals surface area contributed by atoms with E-state index in [4.69, 9.17) is 0 Å². The van der Waals surface area contributed by atoms with Crippen LogP contribution in [0.4, 0.5) is 20.6 Å². The summed E-state index contributed by atoms with van der Waals surface area (Å²) in [5, 5.41) is 18.8. The minimum Gasteiger partial charge on any atom is -0.327 e. The molecular formula is C18H15FN4O4. The molecule has 0 bridgehead atoms. The third kappa shape index (κ3) is 3.92. The van der Waals surface area contributed by atoms with Gasteiger partial charge < -0.3 is 16.0 Å². The summed E-state index contributed by atoms with van der Waals surface area (Å²) in [6.07, 6.45) is 0. The molecule has 138 valence electrons. The molecule has 3 N–H and O–H groups in total. The summed E-state index contributed by atoms with van der Waals surface area (Å²) >= 11 is 0. The number of nitro benzene ring substituents is 1. The largest absolute Gasteiger partial charge is 0.327 e. The van der Waals surface area contributed by atoms with Crippen LogP contribution >= 0.6 is 0 Å². The molecule has 3 amide bonds. The van der Waals surface area contributed by atoms with Gasteiger partial charge in [-0.15, -0.1) is 0 Å². The molecule has 0 aromatic heterocycles. The normalized spacial score (nSPS) is 16.4. The minimum atomic E-state index is -0.876. The highest BCUT2D eigenvalue weighted by Gasteiger charge is 2.32. The fourth-order valence-electron chi connectivity index (χ4n) is 2.79. The maximum atomic E-state index is 13.0. The molecule has 27 heavy (non-hydrogen) atoms. The molecule has 1 aliphatic heterocycles. The van der Waals surface area contributed by atoms with Crippen LogP contribution in [0.5, 0.6) is 0 Å². The van der Waals surface area contributed by atoms with E-state index in [0.29, 0.717) is 16.9 Å². The van der Waals surface area contributed by atoms with E-state index in [0.717, 1.165) is 0 Å². The van der Waals surface area contributed by atoms with Crippen molar-refractivity contribution in [1.29, 1.82) is 0 Å². The Morgan fingerprint density at radius 2 is 1.93 bits per heavy atom. The van der Waals surface area contributed by atoms with Crippen molar-refractivity contribution < 1.29 is 18.9 Å². The summed E-state index contributed by atoms with van der Waals surface area (Å²) in [5.74, 6) is -0.965. The molecule has 0 radical (unpaired) electrons. The number of urea groups is 1. The summed E-state index contributed by atoms with van der Waals surface area (Å²) in [4.78, 5) is 35.1. The lowest BCUT2D eigenvalue weighted by molar-refractivity contribution is -0.384. The van der Waals surface area contributed by atoms with E-state index in [1.807, 2.05) is 0 Å². The quantitative estimate of drug-likeness (QED) is 0.567. The number of nitro groups is 1. The van der Waals surface area contributed by atoms with Gasteiger partial charge in [-0.25, -0.2) is 9.18 Å². The number of allylic oxidation sites excluding steroid dienone is 1. The van der Waals surface area contributed by atoms with Crippen LogP contribution in [0.15, 0.2) is 59.8 Å². The van der Waals surface area contributed by atoms with E-state index >= 15 is 0 Å². The summed E-state index contributed by atoms with van der Waals surface area (Å²) in [6.45, 7) is 1.56. The van der Waals surface area contributed by atoms with Crippen molar-refractivity contribution in [3.8, 4) is 0 Å². The zero-order valence-corrected chi connectivity index (χ0v) is 14.2. The Labute approximate surface area is 153 Å². The fourth-order valence-corrected chi connectivity index (χ4v) is 2.79. The van der Waals surface area contributed by atoms with Gasteiger partial charge in [-0.1, -0.05) is 12.1 Å². The number of hydrogen-bond donors (Lipinski definition) is 3. The van der Waals surface area contributed by atoms with Gasteiger partial charge in [-0.3, -0.25) is 14.9 Å². The maximum Gasteiger partial charge on any atom is 0.319 e. The SMILES string of the molecule is CC1=C(C(=O)Nc2ccc(F)cc2)[C@@H](c2cccc([N+](=O)[O-])c2)NC(=O)N1. The molecule has 1 atom stereocenters. The molecule has 9 heteroatoms. The zero-order valence-electron chi connectivity index (χ0n) is 14.2. The van der Waals surface area contributed by atoms with Crippen molar-refractivity contribution in [1.82, 2.24) is 10.6 Å². The maximum absolute atomic E-state index is 13.0. The van der Waals surface area contributed by atoms with Crippen molar-refractivity contribution >= 4 is 23.3 Å². The molecule has 0 saturated carbocycles. The molecule has 0 aliphatic carbocycles. The van der Waals surface area contributed by atoms with Gasteiger partial charge in [-0.2, -0.15) is 0 Å².